The van der Waals surface area contributed by atoms with Crippen molar-refractivity contribution in [1.29, 1.82) is 0 Å². The third-order valence-corrected chi connectivity index (χ3v) is 8.42. The number of rotatable bonds is 6. The van der Waals surface area contributed by atoms with Crippen LogP contribution < -0.4 is 5.46 Å². The van der Waals surface area contributed by atoms with Gasteiger partial charge in [-0.05, 0) is 68.8 Å². The highest BCUT2D eigenvalue weighted by Gasteiger charge is 2.54. The average molecular weight is 501 g/mol. The molecule has 6 rings (SSSR count). The Kier molecular flexibility index (Phi) is 6.21. The predicted molar refractivity (Wildman–Crippen MR) is 160 cm³/mol. The lowest BCUT2D eigenvalue weighted by molar-refractivity contribution is -0.0189. The largest absolute Gasteiger partial charge is 0.494 e. The van der Waals surface area contributed by atoms with Crippen molar-refractivity contribution in [2.45, 2.75) is 58.7 Å². The molecule has 1 saturated heterocycles. The maximum Gasteiger partial charge on any atom is 0.494 e. The number of benzene rings is 4. The van der Waals surface area contributed by atoms with Crippen molar-refractivity contribution >= 4 is 34.4 Å². The van der Waals surface area contributed by atoms with Crippen LogP contribution in [0.5, 0.6) is 0 Å². The van der Waals surface area contributed by atoms with Crippen LogP contribution in [0.4, 0.5) is 0 Å². The first-order chi connectivity index (χ1) is 18.3. The molecule has 4 aromatic carbocycles. The third-order valence-electron chi connectivity index (χ3n) is 8.42. The van der Waals surface area contributed by atoms with E-state index in [4.69, 9.17) is 9.31 Å². The van der Waals surface area contributed by atoms with Crippen molar-refractivity contribution < 1.29 is 9.31 Å². The van der Waals surface area contributed by atoms with E-state index in [1.807, 2.05) is 0 Å². The molecule has 4 heteroatoms. The number of aromatic nitrogens is 1. The molecule has 0 spiro atoms. The van der Waals surface area contributed by atoms with E-state index < -0.39 is 0 Å². The lowest BCUT2D eigenvalue weighted by Crippen LogP contribution is -2.44. The van der Waals surface area contributed by atoms with Crippen molar-refractivity contribution in [2.24, 2.45) is 5.92 Å². The van der Waals surface area contributed by atoms with Gasteiger partial charge in [-0.3, -0.25) is 0 Å². The van der Waals surface area contributed by atoms with E-state index >= 15 is 0 Å². The molecule has 0 saturated carbocycles. The van der Waals surface area contributed by atoms with Crippen LogP contribution in [0.25, 0.3) is 38.6 Å². The number of para-hydroxylation sites is 2. The molecule has 0 aliphatic carbocycles. The molecule has 0 N–H and O–H groups in total. The van der Waals surface area contributed by atoms with Crippen LogP contribution in [0.3, 0.4) is 0 Å². The van der Waals surface area contributed by atoms with Gasteiger partial charge in [0, 0.05) is 22.0 Å². The molecule has 38 heavy (non-hydrogen) atoms. The van der Waals surface area contributed by atoms with Crippen LogP contribution in [-0.4, -0.2) is 22.9 Å². The van der Waals surface area contributed by atoms with Gasteiger partial charge in [0.25, 0.3) is 0 Å². The smallest absolute Gasteiger partial charge is 0.399 e. The Morgan fingerprint density at radius 1 is 0.763 bits per heavy atom. The van der Waals surface area contributed by atoms with Crippen LogP contribution in [0.1, 0.15) is 47.5 Å². The molecule has 1 unspecified atom stereocenters. The number of hydrogen-bond donors (Lipinski definition) is 0. The summed E-state index contributed by atoms with van der Waals surface area (Å²) < 4.78 is 15.7. The molecule has 3 nitrogen and oxygen atoms in total. The molecule has 0 radical (unpaired) electrons. The Balaban J connectivity index is 1.52. The molecule has 192 valence electrons. The summed E-state index contributed by atoms with van der Waals surface area (Å²) in [6.07, 6.45) is 2.09. The summed E-state index contributed by atoms with van der Waals surface area (Å²) >= 11 is 0. The molecule has 1 aliphatic heterocycles. The normalized spacial score (nSPS) is 19.2. The van der Waals surface area contributed by atoms with Gasteiger partial charge < -0.3 is 13.9 Å². The Bertz CT molecular complexity index is 1590. The van der Waals surface area contributed by atoms with Gasteiger partial charge in [0.2, 0.25) is 0 Å². The van der Waals surface area contributed by atoms with Gasteiger partial charge in [-0.15, -0.1) is 0 Å². The van der Waals surface area contributed by atoms with Gasteiger partial charge in [-0.25, -0.2) is 0 Å². The second-order valence-corrected chi connectivity index (χ2v) is 11.8. The van der Waals surface area contributed by atoms with E-state index in [9.17, 15) is 0 Å². The second kappa shape index (κ2) is 9.45. The van der Waals surface area contributed by atoms with E-state index in [2.05, 4.69) is 136 Å². The van der Waals surface area contributed by atoms with Crippen molar-refractivity contribution in [3.05, 3.63) is 97.1 Å². The summed E-state index contributed by atoms with van der Waals surface area (Å²) in [7, 11) is -0.390. The maximum atomic E-state index is 6.72. The summed E-state index contributed by atoms with van der Waals surface area (Å²) in [5, 5.41) is 2.44. The minimum atomic E-state index is -0.390. The number of fused-ring (bicyclic) bond motifs is 3. The summed E-state index contributed by atoms with van der Waals surface area (Å²) in [6, 6.07) is 34.6. The van der Waals surface area contributed by atoms with Crippen LogP contribution >= 0.6 is 0 Å². The van der Waals surface area contributed by atoms with E-state index in [1.54, 1.807) is 0 Å². The van der Waals surface area contributed by atoms with Crippen molar-refractivity contribution in [2.75, 3.05) is 0 Å². The van der Waals surface area contributed by atoms with Crippen molar-refractivity contribution in [3.8, 4) is 16.8 Å². The Morgan fingerprint density at radius 3 is 2.18 bits per heavy atom. The molecule has 1 aliphatic rings. The fraction of sp³-hybridized carbons (Fsp3) is 0.294. The maximum absolute atomic E-state index is 6.72. The Hall–Kier alpha value is -3.34. The summed E-state index contributed by atoms with van der Waals surface area (Å²) in [6.45, 7) is 11.1. The number of nitrogens with zero attached hydrogens (tertiary/aromatic N) is 1. The molecule has 1 fully saturated rings. The fourth-order valence-electron chi connectivity index (χ4n) is 5.78. The molecule has 2 heterocycles. The van der Waals surface area contributed by atoms with E-state index in [0.29, 0.717) is 5.92 Å². The van der Waals surface area contributed by atoms with Gasteiger partial charge >= 0.3 is 7.12 Å². The molecule has 0 amide bonds. The predicted octanol–water partition coefficient (Wildman–Crippen LogP) is 8.17. The third kappa shape index (κ3) is 4.17. The van der Waals surface area contributed by atoms with Crippen molar-refractivity contribution in [3.63, 3.8) is 0 Å². The molecule has 1 atom stereocenters. The van der Waals surface area contributed by atoms with E-state index in [1.165, 1.54) is 32.9 Å². The van der Waals surface area contributed by atoms with Gasteiger partial charge in [-0.1, -0.05) is 92.7 Å². The van der Waals surface area contributed by atoms with Gasteiger partial charge in [0.1, 0.15) is 0 Å². The van der Waals surface area contributed by atoms with Gasteiger partial charge in [0.05, 0.1) is 22.2 Å². The van der Waals surface area contributed by atoms with E-state index in [-0.39, 0.29) is 18.3 Å². The fourth-order valence-corrected chi connectivity index (χ4v) is 5.78. The highest BCUT2D eigenvalue weighted by atomic mass is 16.7. The first-order valence-electron chi connectivity index (χ1n) is 13.8. The molecular weight excluding hydrogens is 465 g/mol. The Morgan fingerprint density at radius 2 is 1.47 bits per heavy atom. The zero-order valence-corrected chi connectivity index (χ0v) is 23.1. The summed E-state index contributed by atoms with van der Waals surface area (Å²) in [5.41, 5.74) is 6.33. The van der Waals surface area contributed by atoms with Gasteiger partial charge in [-0.2, -0.15) is 0 Å². The van der Waals surface area contributed by atoms with Crippen molar-refractivity contribution in [1.82, 2.24) is 4.57 Å². The standard InChI is InChI=1S/C34H36BNO2/c1-24(2)21-22-34(5)33(3,4)37-35(38-34)26-19-20-31-30(23-26)29-18-12-17-28(25-13-8-6-9-14-25)32(29)36(31)27-15-10-7-11-16-27/h6-20,23-24H,21-22H2,1-5H3. The lowest BCUT2D eigenvalue weighted by Gasteiger charge is -2.37. The first-order valence-corrected chi connectivity index (χ1v) is 13.8. The molecular formula is C34H36BNO2. The summed E-state index contributed by atoms with van der Waals surface area (Å²) in [4.78, 5) is 0. The SMILES string of the molecule is CC(C)CCC1(C)OB(c2ccc3c(c2)c2cccc(-c4ccccc4)c2n3-c2ccccc2)OC1(C)C. The van der Waals surface area contributed by atoms with E-state index in [0.717, 1.165) is 24.0 Å². The van der Waals surface area contributed by atoms with Crippen LogP contribution in [0, 0.1) is 5.92 Å². The quantitative estimate of drug-likeness (QED) is 0.219. The second-order valence-electron chi connectivity index (χ2n) is 11.8. The van der Waals surface area contributed by atoms with Crippen LogP contribution in [0.2, 0.25) is 0 Å². The monoisotopic (exact) mass is 501 g/mol. The van der Waals surface area contributed by atoms with Crippen LogP contribution in [-0.2, 0) is 9.31 Å². The van der Waals surface area contributed by atoms with Gasteiger partial charge in [0.15, 0.2) is 0 Å². The zero-order chi connectivity index (χ0) is 26.5. The Labute approximate surface area is 226 Å². The minimum absolute atomic E-state index is 0.338. The first kappa shape index (κ1) is 25.0. The topological polar surface area (TPSA) is 23.4 Å². The highest BCUT2D eigenvalue weighted by Crippen LogP contribution is 2.42. The highest BCUT2D eigenvalue weighted by molar-refractivity contribution is 6.62. The molecule has 1 aromatic heterocycles. The number of hydrogen-bond acceptors (Lipinski definition) is 2. The lowest BCUT2D eigenvalue weighted by atomic mass is 9.78. The zero-order valence-electron chi connectivity index (χ0n) is 23.1. The average Bonchev–Trinajstić information content (AvgIpc) is 3.38. The minimum Gasteiger partial charge on any atom is -0.399 e. The molecule has 0 bridgehead atoms. The van der Waals surface area contributed by atoms with Crippen LogP contribution in [0.15, 0.2) is 97.1 Å². The summed E-state index contributed by atoms with van der Waals surface area (Å²) in [5.74, 6) is 0.629. The molecule has 5 aromatic rings.